The molecule has 0 aromatic carbocycles. The van der Waals surface area contributed by atoms with Crippen LogP contribution in [-0.2, 0) is 9.53 Å². The van der Waals surface area contributed by atoms with Crippen molar-refractivity contribution >= 4 is 5.97 Å². The number of rotatable bonds is 13. The van der Waals surface area contributed by atoms with Gasteiger partial charge in [0, 0.05) is 6.08 Å². The lowest BCUT2D eigenvalue weighted by Gasteiger charge is -2.37. The molecule has 0 N–H and O–H groups in total. The summed E-state index contributed by atoms with van der Waals surface area (Å²) in [6, 6.07) is 0.451. The van der Waals surface area contributed by atoms with Crippen molar-refractivity contribution in [2.75, 3.05) is 20.3 Å². The Morgan fingerprint density at radius 1 is 1.10 bits per heavy atom. The van der Waals surface area contributed by atoms with E-state index in [-0.39, 0.29) is 5.97 Å². The van der Waals surface area contributed by atoms with Crippen LogP contribution in [0, 0.1) is 0 Å². The normalized spacial score (nSPS) is 14.0. The third-order valence-electron chi connectivity index (χ3n) is 4.44. The van der Waals surface area contributed by atoms with E-state index < -0.39 is 0 Å². The number of carbonyl (C=O) groups is 1. The third-order valence-corrected chi connectivity index (χ3v) is 4.44. The average molecular weight is 298 g/mol. The van der Waals surface area contributed by atoms with E-state index in [1.807, 2.05) is 0 Å². The molecule has 0 amide bonds. The number of hydrogen-bond acceptors (Lipinski definition) is 2. The van der Waals surface area contributed by atoms with Crippen LogP contribution in [0.1, 0.15) is 72.1 Å². The predicted octanol–water partition coefficient (Wildman–Crippen LogP) is 4.67. The summed E-state index contributed by atoms with van der Waals surface area (Å²) < 4.78 is 6.04. The molecule has 0 radical (unpaired) electrons. The van der Waals surface area contributed by atoms with Crippen molar-refractivity contribution in [3.8, 4) is 0 Å². The monoisotopic (exact) mass is 298 g/mol. The molecule has 3 heteroatoms. The van der Waals surface area contributed by atoms with Gasteiger partial charge in [-0.3, -0.25) is 4.48 Å². The Bertz CT molecular complexity index is 289. The molecule has 1 atom stereocenters. The molecule has 0 aliphatic rings. The van der Waals surface area contributed by atoms with E-state index in [0.29, 0.717) is 12.8 Å². The minimum atomic E-state index is -0.323. The van der Waals surface area contributed by atoms with E-state index >= 15 is 0 Å². The Hall–Kier alpha value is -0.830. The Morgan fingerprint density at radius 2 is 1.62 bits per heavy atom. The third kappa shape index (κ3) is 9.67. The van der Waals surface area contributed by atoms with Crippen molar-refractivity contribution in [2.45, 2.75) is 78.2 Å². The number of hydrogen-bond donors (Lipinski definition) is 0. The Balaban J connectivity index is 3.88. The zero-order valence-corrected chi connectivity index (χ0v) is 14.7. The molecule has 0 saturated heterocycles. The summed E-state index contributed by atoms with van der Waals surface area (Å²) in [5.41, 5.74) is 0. The van der Waals surface area contributed by atoms with Crippen molar-refractivity contribution in [2.24, 2.45) is 0 Å². The van der Waals surface area contributed by atoms with Gasteiger partial charge in [0.1, 0.15) is 0 Å². The molecule has 21 heavy (non-hydrogen) atoms. The first kappa shape index (κ1) is 20.2. The van der Waals surface area contributed by atoms with Crippen LogP contribution in [0.15, 0.2) is 12.7 Å². The van der Waals surface area contributed by atoms with Gasteiger partial charge in [0.05, 0.1) is 19.6 Å². The second-order valence-electron chi connectivity index (χ2n) is 6.57. The minimum Gasteiger partial charge on any atom is -0.412 e. The number of carbonyl (C=O) groups excluding carboxylic acids is 1. The molecule has 0 heterocycles. The number of quaternary nitrogens is 1. The molecule has 0 aromatic heterocycles. The Kier molecular flexibility index (Phi) is 11.3. The molecule has 0 spiro atoms. The highest BCUT2D eigenvalue weighted by atomic mass is 16.5. The number of nitrogens with zero attached hydrogens (tertiary/aromatic N) is 1. The molecule has 0 bridgehead atoms. The zero-order chi connectivity index (χ0) is 16.1. The first-order valence-electron chi connectivity index (χ1n) is 8.59. The van der Waals surface area contributed by atoms with E-state index in [1.165, 1.54) is 57.4 Å². The number of esters is 1. The van der Waals surface area contributed by atoms with Crippen LogP contribution in [0.3, 0.4) is 0 Å². The summed E-state index contributed by atoms with van der Waals surface area (Å²) in [4.78, 5) is 11.2. The summed E-state index contributed by atoms with van der Waals surface area (Å²) in [6.45, 7) is 11.6. The predicted molar refractivity (Wildman–Crippen MR) is 90.0 cm³/mol. The fourth-order valence-electron chi connectivity index (χ4n) is 2.35. The Morgan fingerprint density at radius 3 is 2.10 bits per heavy atom. The van der Waals surface area contributed by atoms with E-state index in [9.17, 15) is 4.79 Å². The van der Waals surface area contributed by atoms with Crippen molar-refractivity contribution in [3.05, 3.63) is 12.7 Å². The lowest BCUT2D eigenvalue weighted by molar-refractivity contribution is -0.945. The fourth-order valence-corrected chi connectivity index (χ4v) is 2.35. The molecule has 0 aliphatic carbocycles. The maximum atomic E-state index is 11.2. The number of unbranched alkanes of at least 4 members (excludes halogenated alkanes) is 7. The second kappa shape index (κ2) is 11.8. The highest BCUT2D eigenvalue weighted by Gasteiger charge is 2.26. The van der Waals surface area contributed by atoms with E-state index in [1.54, 1.807) is 0 Å². The van der Waals surface area contributed by atoms with Crippen molar-refractivity contribution in [1.82, 2.24) is 0 Å². The van der Waals surface area contributed by atoms with Crippen molar-refractivity contribution in [1.29, 1.82) is 0 Å². The van der Waals surface area contributed by atoms with Gasteiger partial charge in [0.2, 0.25) is 6.73 Å². The van der Waals surface area contributed by atoms with Gasteiger partial charge in [-0.05, 0) is 26.7 Å². The average Bonchev–Trinajstić information content (AvgIpc) is 2.47. The lowest BCUT2D eigenvalue weighted by Crippen LogP contribution is -2.52. The maximum absolute atomic E-state index is 11.2. The van der Waals surface area contributed by atoms with Crippen LogP contribution in [0.25, 0.3) is 0 Å². The van der Waals surface area contributed by atoms with Gasteiger partial charge in [0.25, 0.3) is 0 Å². The van der Waals surface area contributed by atoms with E-state index in [0.717, 1.165) is 11.0 Å². The first-order valence-corrected chi connectivity index (χ1v) is 8.59. The summed E-state index contributed by atoms with van der Waals surface area (Å²) >= 11 is 0. The summed E-state index contributed by atoms with van der Waals surface area (Å²) in [5, 5.41) is 0. The largest absolute Gasteiger partial charge is 0.412 e. The highest BCUT2D eigenvalue weighted by molar-refractivity contribution is 5.81. The van der Waals surface area contributed by atoms with Crippen LogP contribution < -0.4 is 0 Å². The van der Waals surface area contributed by atoms with Crippen LogP contribution >= 0.6 is 0 Å². The fraction of sp³-hybridized carbons (Fsp3) is 0.833. The molecule has 0 fully saturated rings. The smallest absolute Gasteiger partial charge is 0.334 e. The standard InChI is InChI=1S/C18H36NO2/c1-6-8-9-10-11-12-13-14-15-19(5,17(3)4)16-21-18(20)7-2/h7,17H,2,6,8-16H2,1,3-5H3/q+1. The number of ether oxygens (including phenoxy) is 1. The van der Waals surface area contributed by atoms with Gasteiger partial charge in [-0.1, -0.05) is 52.0 Å². The van der Waals surface area contributed by atoms with E-state index in [4.69, 9.17) is 4.74 Å². The van der Waals surface area contributed by atoms with Gasteiger partial charge < -0.3 is 4.74 Å². The molecule has 0 rings (SSSR count). The second-order valence-corrected chi connectivity index (χ2v) is 6.57. The van der Waals surface area contributed by atoms with Gasteiger partial charge in [-0.2, -0.15) is 0 Å². The molecule has 124 valence electrons. The molecular weight excluding hydrogens is 262 g/mol. The zero-order valence-electron chi connectivity index (χ0n) is 14.7. The van der Waals surface area contributed by atoms with Crippen LogP contribution in [0.2, 0.25) is 0 Å². The topological polar surface area (TPSA) is 26.3 Å². The molecule has 0 aliphatic heterocycles. The summed E-state index contributed by atoms with van der Waals surface area (Å²) in [7, 11) is 2.17. The van der Waals surface area contributed by atoms with Crippen LogP contribution in [-0.4, -0.2) is 36.8 Å². The molecule has 1 unspecified atom stereocenters. The van der Waals surface area contributed by atoms with Crippen LogP contribution in [0.4, 0.5) is 0 Å². The maximum Gasteiger partial charge on any atom is 0.334 e. The van der Waals surface area contributed by atoms with Gasteiger partial charge in [-0.15, -0.1) is 0 Å². The van der Waals surface area contributed by atoms with Gasteiger partial charge >= 0.3 is 5.97 Å². The molecule has 3 nitrogen and oxygen atoms in total. The Labute approximate surface area is 131 Å². The minimum absolute atomic E-state index is 0.323. The van der Waals surface area contributed by atoms with Crippen molar-refractivity contribution in [3.63, 3.8) is 0 Å². The quantitative estimate of drug-likeness (QED) is 0.162. The molecule has 0 aromatic rings. The molecular formula is C18H36NO2+. The first-order chi connectivity index (χ1) is 9.96. The van der Waals surface area contributed by atoms with Crippen LogP contribution in [0.5, 0.6) is 0 Å². The van der Waals surface area contributed by atoms with Gasteiger partial charge in [-0.25, -0.2) is 4.79 Å². The highest BCUT2D eigenvalue weighted by Crippen LogP contribution is 2.15. The van der Waals surface area contributed by atoms with Crippen molar-refractivity contribution < 1.29 is 14.0 Å². The van der Waals surface area contributed by atoms with Gasteiger partial charge in [0.15, 0.2) is 0 Å². The SMILES string of the molecule is C=CC(=O)OC[N+](C)(CCCCCCCCCC)C(C)C. The van der Waals surface area contributed by atoms with E-state index in [2.05, 4.69) is 34.4 Å². The summed E-state index contributed by atoms with van der Waals surface area (Å²) in [5.74, 6) is -0.323. The lowest BCUT2D eigenvalue weighted by atomic mass is 10.1. The molecule has 0 saturated carbocycles. The summed E-state index contributed by atoms with van der Waals surface area (Å²) in [6.07, 6.45) is 11.8.